The highest BCUT2D eigenvalue weighted by Gasteiger charge is 1.85. The fourth-order valence-electron chi connectivity index (χ4n) is 0. The van der Waals surface area contributed by atoms with Gasteiger partial charge in [0.1, 0.15) is 0 Å². The quantitative estimate of drug-likeness (QED) is 0.266. The van der Waals surface area contributed by atoms with E-state index in [1.165, 1.54) is 0 Å². The number of rotatable bonds is 0. The Labute approximate surface area is 29.0 Å². The van der Waals surface area contributed by atoms with Gasteiger partial charge in [0.2, 0.25) is 0 Å². The highest BCUT2D eigenvalue weighted by atomic mass is 16.5. The summed E-state index contributed by atoms with van der Waals surface area (Å²) in [6, 6.07) is -2.75. The summed E-state index contributed by atoms with van der Waals surface area (Å²) in [7, 11) is 0. The third-order valence-electron chi connectivity index (χ3n) is 0. The van der Waals surface area contributed by atoms with E-state index in [-0.39, 0.29) is 0 Å². The predicted molar refractivity (Wildman–Crippen MR) is 13.3 cm³/mol. The molecular formula is CH5N2O2-. The molecule has 0 spiro atoms. The van der Waals surface area contributed by atoms with Gasteiger partial charge in [0.05, 0.1) is 6.03 Å². The fraction of sp³-hybridized carbons (Fsp3) is 1.00. The summed E-state index contributed by atoms with van der Waals surface area (Å²) in [5, 5.41) is 16.7. The minimum atomic E-state index is -2.75. The summed E-state index contributed by atoms with van der Waals surface area (Å²) in [5.41, 5.74) is 8.26. The monoisotopic (exact) mass is 77.0 g/mol. The normalized spacial score (nSPS) is 12.0. The lowest BCUT2D eigenvalue weighted by Crippen LogP contribution is -2.60. The Balaban J connectivity index is 3.02. The maximum atomic E-state index is 9.22. The van der Waals surface area contributed by atoms with Gasteiger partial charge in [0, 0.05) is 0 Å². The van der Waals surface area contributed by atoms with Crippen molar-refractivity contribution in [2.75, 3.05) is 0 Å². The largest absolute Gasteiger partial charge is 0.804 e. The topological polar surface area (TPSA) is 95.3 Å². The van der Waals surface area contributed by atoms with E-state index in [0.717, 1.165) is 0 Å². The Bertz CT molecular complexity index is 23.1. The van der Waals surface area contributed by atoms with Crippen LogP contribution in [0.15, 0.2) is 0 Å². The Morgan fingerprint density at radius 3 is 1.60 bits per heavy atom. The second-order valence-electron chi connectivity index (χ2n) is 0.752. The van der Waals surface area contributed by atoms with Crippen LogP contribution < -0.4 is 16.6 Å². The molecule has 0 rings (SSSR count). The minimum Gasteiger partial charge on any atom is -0.804 e. The van der Waals surface area contributed by atoms with Gasteiger partial charge in [-0.2, -0.15) is 0 Å². The van der Waals surface area contributed by atoms with E-state index in [2.05, 4.69) is 11.5 Å². The van der Waals surface area contributed by atoms with Gasteiger partial charge >= 0.3 is 0 Å². The molecule has 0 aliphatic carbocycles. The molecule has 0 aromatic heterocycles. The highest BCUT2D eigenvalue weighted by molar-refractivity contribution is 4.26. The molecule has 5 heavy (non-hydrogen) atoms. The third kappa shape index (κ3) is 508. The number of nitrogens with two attached hydrogens (primary N) is 2. The molecule has 0 aromatic rings. The third-order valence-corrected chi connectivity index (χ3v) is 0. The summed E-state index contributed by atoms with van der Waals surface area (Å²) in [6.45, 7) is 0. The maximum Gasteiger partial charge on any atom is 0.0944 e. The molecule has 0 saturated heterocycles. The van der Waals surface area contributed by atoms with E-state index in [1.54, 1.807) is 0 Å². The molecule has 0 aliphatic rings. The lowest BCUT2D eigenvalue weighted by Gasteiger charge is -2.21. The molecule has 0 aliphatic heterocycles. The Kier molecular flexibility index (Phi) is 0.879. The van der Waals surface area contributed by atoms with Crippen molar-refractivity contribution in [3.63, 3.8) is 0 Å². The summed E-state index contributed by atoms with van der Waals surface area (Å²) in [6.07, 6.45) is 0. The van der Waals surface area contributed by atoms with Crippen LogP contribution in [0.3, 0.4) is 0 Å². The average Bonchev–Trinajstić information content (AvgIpc) is 0.722. The Morgan fingerprint density at radius 1 is 1.60 bits per heavy atom. The first-order chi connectivity index (χ1) is 2.00. The van der Waals surface area contributed by atoms with Crippen LogP contribution in [0.5, 0.6) is 0 Å². The lowest BCUT2D eigenvalue weighted by atomic mass is 11.0. The molecule has 0 saturated carbocycles. The molecule has 4 heteroatoms. The summed E-state index contributed by atoms with van der Waals surface area (Å²) < 4.78 is 0. The molecule has 4 nitrogen and oxygen atoms in total. The molecule has 0 unspecified atom stereocenters. The van der Waals surface area contributed by atoms with Gasteiger partial charge in [-0.1, -0.05) is 0 Å². The average molecular weight is 77.1 g/mol. The first kappa shape index (κ1) is 4.84. The van der Waals surface area contributed by atoms with Gasteiger partial charge in [-0.25, -0.2) is 0 Å². The van der Waals surface area contributed by atoms with Crippen LogP contribution in [0.2, 0.25) is 0 Å². The SMILES string of the molecule is NC(N)([O-])O. The van der Waals surface area contributed by atoms with Crippen molar-refractivity contribution in [2.24, 2.45) is 11.5 Å². The van der Waals surface area contributed by atoms with E-state index in [9.17, 15) is 5.11 Å². The number of hydrogen-bond acceptors (Lipinski definition) is 4. The van der Waals surface area contributed by atoms with Gasteiger partial charge in [0.15, 0.2) is 0 Å². The van der Waals surface area contributed by atoms with Gasteiger partial charge < -0.3 is 21.7 Å². The van der Waals surface area contributed by atoms with Crippen molar-refractivity contribution in [3.05, 3.63) is 0 Å². The second-order valence-corrected chi connectivity index (χ2v) is 0.752. The van der Waals surface area contributed by atoms with Crippen molar-refractivity contribution < 1.29 is 10.2 Å². The molecule has 0 atom stereocenters. The standard InChI is InChI=1S/CH5N2O2/c2-1(3,4)5/h4H,2-3H2/q-1. The zero-order valence-electron chi connectivity index (χ0n) is 2.51. The first-order valence-corrected chi connectivity index (χ1v) is 1.01. The van der Waals surface area contributed by atoms with Crippen molar-refractivity contribution >= 4 is 0 Å². The zero-order valence-corrected chi connectivity index (χ0v) is 2.51. The lowest BCUT2D eigenvalue weighted by molar-refractivity contribution is -0.544. The molecule has 0 radical (unpaired) electrons. The van der Waals surface area contributed by atoms with E-state index in [0.29, 0.717) is 0 Å². The van der Waals surface area contributed by atoms with Crippen molar-refractivity contribution in [1.29, 1.82) is 0 Å². The number of aliphatic hydroxyl groups is 1. The number of hydrogen-bond donors (Lipinski definition) is 3. The molecule has 5 N–H and O–H groups in total. The van der Waals surface area contributed by atoms with Crippen LogP contribution in [0.1, 0.15) is 0 Å². The van der Waals surface area contributed by atoms with Crippen molar-refractivity contribution in [1.82, 2.24) is 0 Å². The Morgan fingerprint density at radius 2 is 1.60 bits per heavy atom. The van der Waals surface area contributed by atoms with Gasteiger partial charge in [-0.05, 0) is 0 Å². The summed E-state index contributed by atoms with van der Waals surface area (Å²) in [5.74, 6) is 0. The van der Waals surface area contributed by atoms with Crippen molar-refractivity contribution in [2.45, 2.75) is 6.03 Å². The molecule has 0 aromatic carbocycles. The van der Waals surface area contributed by atoms with Gasteiger partial charge in [-0.3, -0.25) is 0 Å². The van der Waals surface area contributed by atoms with Crippen LogP contribution >= 0.6 is 0 Å². The van der Waals surface area contributed by atoms with E-state index >= 15 is 0 Å². The zero-order chi connectivity index (χ0) is 4.50. The molecule has 0 fully saturated rings. The maximum absolute atomic E-state index is 9.22. The second kappa shape index (κ2) is 0.908. The van der Waals surface area contributed by atoms with Gasteiger partial charge in [-0.15, -0.1) is 0 Å². The van der Waals surface area contributed by atoms with Crippen LogP contribution in [-0.2, 0) is 0 Å². The van der Waals surface area contributed by atoms with Gasteiger partial charge in [0.25, 0.3) is 0 Å². The van der Waals surface area contributed by atoms with Crippen LogP contribution in [0.4, 0.5) is 0 Å². The molecule has 0 heterocycles. The predicted octanol–water partition coefficient (Wildman–Crippen LogP) is -3.13. The smallest absolute Gasteiger partial charge is 0.0944 e. The molecule has 0 amide bonds. The molecule has 0 bridgehead atoms. The van der Waals surface area contributed by atoms with E-state index in [4.69, 9.17) is 5.11 Å². The van der Waals surface area contributed by atoms with Crippen LogP contribution in [0, 0.1) is 0 Å². The first-order valence-electron chi connectivity index (χ1n) is 1.01. The van der Waals surface area contributed by atoms with E-state index < -0.39 is 6.03 Å². The van der Waals surface area contributed by atoms with Crippen LogP contribution in [0.25, 0.3) is 0 Å². The van der Waals surface area contributed by atoms with Crippen molar-refractivity contribution in [3.8, 4) is 0 Å². The summed E-state index contributed by atoms with van der Waals surface area (Å²) >= 11 is 0. The summed E-state index contributed by atoms with van der Waals surface area (Å²) in [4.78, 5) is 0. The molecular weight excluding hydrogens is 72.0 g/mol. The van der Waals surface area contributed by atoms with E-state index in [1.807, 2.05) is 0 Å². The van der Waals surface area contributed by atoms with Crippen LogP contribution in [-0.4, -0.2) is 11.1 Å². The Hall–Kier alpha value is -0.160. The minimum absolute atomic E-state index is 2.75. The molecule has 32 valence electrons. The highest BCUT2D eigenvalue weighted by Crippen LogP contribution is 1.51. The fourth-order valence-corrected chi connectivity index (χ4v) is 0.